The summed E-state index contributed by atoms with van der Waals surface area (Å²) < 4.78 is 0. The number of likely N-dealkylation sites (N-methyl/N-ethyl adjacent to an activating group) is 1. The van der Waals surface area contributed by atoms with E-state index in [1.807, 2.05) is 0 Å². The van der Waals surface area contributed by atoms with Gasteiger partial charge in [-0.25, -0.2) is 0 Å². The molecule has 100 valence electrons. The van der Waals surface area contributed by atoms with Crippen LogP contribution in [-0.2, 0) is 0 Å². The average Bonchev–Trinajstić information content (AvgIpc) is 2.28. The van der Waals surface area contributed by atoms with E-state index in [0.717, 1.165) is 13.1 Å². The van der Waals surface area contributed by atoms with E-state index in [2.05, 4.69) is 61.9 Å². The number of aliphatic hydroxyl groups is 1. The van der Waals surface area contributed by atoms with Crippen LogP contribution in [0, 0.1) is 6.92 Å². The summed E-state index contributed by atoms with van der Waals surface area (Å²) in [6, 6.07) is 8.76. The Morgan fingerprint density at radius 2 is 1.89 bits per heavy atom. The zero-order chi connectivity index (χ0) is 13.3. The maximum atomic E-state index is 9.66. The van der Waals surface area contributed by atoms with Crippen molar-refractivity contribution in [2.75, 3.05) is 31.6 Å². The highest BCUT2D eigenvalue weighted by Crippen LogP contribution is 2.31. The van der Waals surface area contributed by atoms with Gasteiger partial charge in [-0.2, -0.15) is 0 Å². The Balaban J connectivity index is 2.34. The zero-order valence-corrected chi connectivity index (χ0v) is 11.8. The largest absolute Gasteiger partial charge is 0.394 e. The minimum atomic E-state index is 0.0374. The molecule has 0 bridgehead atoms. The van der Waals surface area contributed by atoms with E-state index >= 15 is 0 Å². The van der Waals surface area contributed by atoms with Crippen LogP contribution in [0.3, 0.4) is 0 Å². The van der Waals surface area contributed by atoms with Crippen LogP contribution in [0.15, 0.2) is 24.3 Å². The number of hydrogen-bond acceptors (Lipinski definition) is 3. The van der Waals surface area contributed by atoms with Crippen LogP contribution in [0.2, 0.25) is 0 Å². The minimum absolute atomic E-state index is 0.0374. The first-order valence-electron chi connectivity index (χ1n) is 6.59. The van der Waals surface area contributed by atoms with Gasteiger partial charge in [-0.05, 0) is 40.0 Å². The van der Waals surface area contributed by atoms with Crippen molar-refractivity contribution >= 4 is 5.69 Å². The highest BCUT2D eigenvalue weighted by Gasteiger charge is 2.38. The highest BCUT2D eigenvalue weighted by molar-refractivity contribution is 5.52. The molecular weight excluding hydrogens is 224 g/mol. The third-order valence-corrected chi connectivity index (χ3v) is 3.72. The number of aryl methyl sites for hydroxylation is 1. The van der Waals surface area contributed by atoms with Crippen LogP contribution < -0.4 is 4.90 Å². The van der Waals surface area contributed by atoms with Crippen LogP contribution in [0.5, 0.6) is 0 Å². The summed E-state index contributed by atoms with van der Waals surface area (Å²) in [7, 11) is 2.12. The Bertz CT molecular complexity index is 399. The van der Waals surface area contributed by atoms with Gasteiger partial charge in [-0.3, -0.25) is 0 Å². The van der Waals surface area contributed by atoms with Crippen molar-refractivity contribution < 1.29 is 5.11 Å². The number of aliphatic hydroxyl groups excluding tert-OH is 1. The second-order valence-corrected chi connectivity index (χ2v) is 6.05. The van der Waals surface area contributed by atoms with E-state index in [0.29, 0.717) is 0 Å². The van der Waals surface area contributed by atoms with Gasteiger partial charge in [0.05, 0.1) is 12.6 Å². The normalized spacial score (nSPS) is 24.3. The molecule has 3 nitrogen and oxygen atoms in total. The second kappa shape index (κ2) is 4.90. The van der Waals surface area contributed by atoms with Crippen LogP contribution in [0.4, 0.5) is 5.69 Å². The SMILES string of the molecule is Cc1ccc(N2C(CO)CN(C)CC2(C)C)cc1. The predicted molar refractivity (Wildman–Crippen MR) is 76.1 cm³/mol. The first kappa shape index (κ1) is 13.4. The van der Waals surface area contributed by atoms with Crippen LogP contribution in [0.1, 0.15) is 19.4 Å². The first-order valence-corrected chi connectivity index (χ1v) is 6.59. The van der Waals surface area contributed by atoms with E-state index in [1.54, 1.807) is 0 Å². The number of hydrogen-bond donors (Lipinski definition) is 1. The lowest BCUT2D eigenvalue weighted by Gasteiger charge is -2.52. The molecule has 2 rings (SSSR count). The molecule has 1 aromatic rings. The highest BCUT2D eigenvalue weighted by atomic mass is 16.3. The summed E-state index contributed by atoms with van der Waals surface area (Å²) in [5.74, 6) is 0. The molecule has 1 unspecified atom stereocenters. The van der Waals surface area contributed by atoms with Gasteiger partial charge in [0.2, 0.25) is 0 Å². The van der Waals surface area contributed by atoms with Crippen molar-refractivity contribution in [3.8, 4) is 0 Å². The molecule has 3 heteroatoms. The third kappa shape index (κ3) is 2.52. The molecular formula is C15H24N2O. The van der Waals surface area contributed by atoms with Gasteiger partial charge in [-0.1, -0.05) is 17.7 Å². The summed E-state index contributed by atoms with van der Waals surface area (Å²) in [5, 5.41) is 9.66. The molecule has 1 atom stereocenters. The van der Waals surface area contributed by atoms with Gasteiger partial charge < -0.3 is 14.9 Å². The van der Waals surface area contributed by atoms with Gasteiger partial charge in [-0.15, -0.1) is 0 Å². The van der Waals surface area contributed by atoms with Crippen molar-refractivity contribution in [2.45, 2.75) is 32.4 Å². The molecule has 0 spiro atoms. The molecule has 18 heavy (non-hydrogen) atoms. The van der Waals surface area contributed by atoms with E-state index in [9.17, 15) is 5.11 Å². The van der Waals surface area contributed by atoms with Gasteiger partial charge in [0.1, 0.15) is 0 Å². The molecule has 0 saturated carbocycles. The number of rotatable bonds is 2. The summed E-state index contributed by atoms with van der Waals surface area (Å²) in [6.45, 7) is 8.70. The standard InChI is InChI=1S/C15H24N2O/c1-12-5-7-13(8-6-12)17-14(10-18)9-16(4)11-15(17,2)3/h5-8,14,18H,9-11H2,1-4H3. The molecule has 1 heterocycles. The molecule has 0 radical (unpaired) electrons. The zero-order valence-electron chi connectivity index (χ0n) is 11.8. The van der Waals surface area contributed by atoms with Crippen molar-refractivity contribution in [2.24, 2.45) is 0 Å². The quantitative estimate of drug-likeness (QED) is 0.866. The molecule has 1 N–H and O–H groups in total. The maximum absolute atomic E-state index is 9.66. The first-order chi connectivity index (χ1) is 8.44. The minimum Gasteiger partial charge on any atom is -0.394 e. The third-order valence-electron chi connectivity index (χ3n) is 3.72. The van der Waals surface area contributed by atoms with Gasteiger partial charge in [0, 0.05) is 24.3 Å². The molecule has 1 aliphatic rings. The van der Waals surface area contributed by atoms with Gasteiger partial charge in [0.25, 0.3) is 0 Å². The monoisotopic (exact) mass is 248 g/mol. The smallest absolute Gasteiger partial charge is 0.0653 e. The van der Waals surface area contributed by atoms with Crippen molar-refractivity contribution in [1.29, 1.82) is 0 Å². The maximum Gasteiger partial charge on any atom is 0.0653 e. The lowest BCUT2D eigenvalue weighted by atomic mass is 9.94. The van der Waals surface area contributed by atoms with E-state index < -0.39 is 0 Å². The van der Waals surface area contributed by atoms with Crippen LogP contribution in [-0.4, -0.2) is 48.3 Å². The summed E-state index contributed by atoms with van der Waals surface area (Å²) in [4.78, 5) is 4.66. The Morgan fingerprint density at radius 3 is 2.44 bits per heavy atom. The summed E-state index contributed by atoms with van der Waals surface area (Å²) >= 11 is 0. The summed E-state index contributed by atoms with van der Waals surface area (Å²) in [5.41, 5.74) is 2.51. The fourth-order valence-electron chi connectivity index (χ4n) is 3.14. The van der Waals surface area contributed by atoms with Crippen molar-refractivity contribution in [1.82, 2.24) is 4.90 Å². The molecule has 1 fully saturated rings. The number of benzene rings is 1. The van der Waals surface area contributed by atoms with Crippen LogP contribution in [0.25, 0.3) is 0 Å². The molecule has 0 aromatic heterocycles. The molecule has 0 aliphatic carbocycles. The number of nitrogens with zero attached hydrogens (tertiary/aromatic N) is 2. The number of piperazine rings is 1. The molecule has 1 saturated heterocycles. The molecule has 1 aromatic carbocycles. The number of anilines is 1. The van der Waals surface area contributed by atoms with Crippen LogP contribution >= 0.6 is 0 Å². The average molecular weight is 248 g/mol. The van der Waals surface area contributed by atoms with E-state index in [-0.39, 0.29) is 18.2 Å². The Kier molecular flexibility index (Phi) is 3.64. The van der Waals surface area contributed by atoms with Crippen molar-refractivity contribution in [3.05, 3.63) is 29.8 Å². The lowest BCUT2D eigenvalue weighted by molar-refractivity contribution is 0.137. The second-order valence-electron chi connectivity index (χ2n) is 6.05. The predicted octanol–water partition coefficient (Wildman–Crippen LogP) is 1.89. The van der Waals surface area contributed by atoms with Gasteiger partial charge in [0.15, 0.2) is 0 Å². The fraction of sp³-hybridized carbons (Fsp3) is 0.600. The summed E-state index contributed by atoms with van der Waals surface area (Å²) in [6.07, 6.45) is 0. The lowest BCUT2D eigenvalue weighted by Crippen LogP contribution is -2.64. The van der Waals surface area contributed by atoms with E-state index in [1.165, 1.54) is 11.3 Å². The Labute approximate surface area is 110 Å². The molecule has 0 amide bonds. The van der Waals surface area contributed by atoms with Gasteiger partial charge >= 0.3 is 0 Å². The van der Waals surface area contributed by atoms with E-state index in [4.69, 9.17) is 0 Å². The topological polar surface area (TPSA) is 26.7 Å². The fourth-order valence-corrected chi connectivity index (χ4v) is 3.14. The Morgan fingerprint density at radius 1 is 1.28 bits per heavy atom. The molecule has 1 aliphatic heterocycles. The van der Waals surface area contributed by atoms with Crippen molar-refractivity contribution in [3.63, 3.8) is 0 Å². The Hall–Kier alpha value is -1.06.